The molecule has 1 unspecified atom stereocenters. The van der Waals surface area contributed by atoms with E-state index in [9.17, 15) is 4.79 Å². The predicted octanol–water partition coefficient (Wildman–Crippen LogP) is 2.96. The van der Waals surface area contributed by atoms with Gasteiger partial charge in [0.2, 0.25) is 0 Å². The lowest BCUT2D eigenvalue weighted by Crippen LogP contribution is -2.26. The van der Waals surface area contributed by atoms with Gasteiger partial charge in [0.15, 0.2) is 0 Å². The lowest BCUT2D eigenvalue weighted by Gasteiger charge is -2.19. The minimum Gasteiger partial charge on any atom is -0.372 e. The highest BCUT2D eigenvalue weighted by Crippen LogP contribution is 2.23. The van der Waals surface area contributed by atoms with Crippen LogP contribution < -0.4 is 5.32 Å². The predicted molar refractivity (Wildman–Crippen MR) is 70.2 cm³/mol. The third-order valence-corrected chi connectivity index (χ3v) is 2.74. The molecule has 1 rings (SSSR count). The van der Waals surface area contributed by atoms with Crippen LogP contribution in [0.2, 0.25) is 0 Å². The molecule has 0 aliphatic heterocycles. The third kappa shape index (κ3) is 3.86. The Morgan fingerprint density at radius 3 is 2.18 bits per heavy atom. The van der Waals surface area contributed by atoms with Crippen LogP contribution in [0.25, 0.3) is 0 Å². The highest BCUT2D eigenvalue weighted by Gasteiger charge is 2.14. The fraction of sp³-hybridized carbons (Fsp3) is 0.500. The SMILES string of the molecule is COC(C)C(=O)Nc1ccc(C(C)(C)C)cc1. The Morgan fingerprint density at radius 2 is 1.76 bits per heavy atom. The van der Waals surface area contributed by atoms with E-state index in [2.05, 4.69) is 26.1 Å². The minimum atomic E-state index is -0.433. The molecule has 0 aromatic heterocycles. The van der Waals surface area contributed by atoms with Crippen LogP contribution >= 0.6 is 0 Å². The highest BCUT2D eigenvalue weighted by molar-refractivity contribution is 5.93. The molecule has 1 atom stereocenters. The maximum atomic E-state index is 11.6. The summed E-state index contributed by atoms with van der Waals surface area (Å²) in [7, 11) is 1.52. The number of ether oxygens (including phenoxy) is 1. The van der Waals surface area contributed by atoms with Gasteiger partial charge in [0.1, 0.15) is 6.10 Å². The Hall–Kier alpha value is -1.35. The maximum absolute atomic E-state index is 11.6. The van der Waals surface area contributed by atoms with E-state index in [1.807, 2.05) is 24.3 Å². The zero-order chi connectivity index (χ0) is 13.1. The van der Waals surface area contributed by atoms with Gasteiger partial charge in [-0.25, -0.2) is 0 Å². The molecule has 1 aromatic carbocycles. The fourth-order valence-electron chi connectivity index (χ4n) is 1.40. The smallest absolute Gasteiger partial charge is 0.253 e. The number of nitrogens with one attached hydrogen (secondary N) is 1. The molecule has 0 bridgehead atoms. The zero-order valence-electron chi connectivity index (χ0n) is 11.2. The topological polar surface area (TPSA) is 38.3 Å². The average molecular weight is 235 g/mol. The number of carbonyl (C=O) groups is 1. The molecule has 3 heteroatoms. The van der Waals surface area contributed by atoms with Crippen LogP contribution in [0.3, 0.4) is 0 Å². The van der Waals surface area contributed by atoms with Gasteiger partial charge < -0.3 is 10.1 Å². The van der Waals surface area contributed by atoms with E-state index < -0.39 is 6.10 Å². The third-order valence-electron chi connectivity index (χ3n) is 2.74. The van der Waals surface area contributed by atoms with Gasteiger partial charge in [0, 0.05) is 12.8 Å². The summed E-state index contributed by atoms with van der Waals surface area (Å²) >= 11 is 0. The van der Waals surface area contributed by atoms with Crippen molar-refractivity contribution in [2.24, 2.45) is 0 Å². The number of rotatable bonds is 3. The number of carbonyl (C=O) groups excluding carboxylic acids is 1. The molecule has 0 saturated heterocycles. The second-order valence-corrected chi connectivity index (χ2v) is 5.19. The molecule has 94 valence electrons. The van der Waals surface area contributed by atoms with E-state index in [0.717, 1.165) is 5.69 Å². The first kappa shape index (κ1) is 13.7. The van der Waals surface area contributed by atoms with Crippen LogP contribution in [0.4, 0.5) is 5.69 Å². The normalized spacial score (nSPS) is 13.2. The van der Waals surface area contributed by atoms with E-state index >= 15 is 0 Å². The van der Waals surface area contributed by atoms with Gasteiger partial charge in [0.05, 0.1) is 0 Å². The van der Waals surface area contributed by atoms with E-state index in [1.165, 1.54) is 12.7 Å². The summed E-state index contributed by atoms with van der Waals surface area (Å²) in [4.78, 5) is 11.6. The molecular weight excluding hydrogens is 214 g/mol. The summed E-state index contributed by atoms with van der Waals surface area (Å²) in [5, 5.41) is 2.81. The fourth-order valence-corrected chi connectivity index (χ4v) is 1.40. The van der Waals surface area contributed by atoms with Gasteiger partial charge in [-0.15, -0.1) is 0 Å². The maximum Gasteiger partial charge on any atom is 0.253 e. The number of hydrogen-bond acceptors (Lipinski definition) is 2. The Balaban J connectivity index is 2.73. The summed E-state index contributed by atoms with van der Waals surface area (Å²) in [6, 6.07) is 7.90. The van der Waals surface area contributed by atoms with Gasteiger partial charge >= 0.3 is 0 Å². The van der Waals surface area contributed by atoms with Crippen molar-refractivity contribution in [1.82, 2.24) is 0 Å². The van der Waals surface area contributed by atoms with Gasteiger partial charge in [0.25, 0.3) is 5.91 Å². The van der Waals surface area contributed by atoms with E-state index in [0.29, 0.717) is 0 Å². The van der Waals surface area contributed by atoms with Crippen molar-refractivity contribution in [2.45, 2.75) is 39.2 Å². The Kier molecular flexibility index (Phi) is 4.29. The Labute approximate surface area is 103 Å². The van der Waals surface area contributed by atoms with Crippen LogP contribution in [-0.2, 0) is 14.9 Å². The molecule has 0 fully saturated rings. The summed E-state index contributed by atoms with van der Waals surface area (Å²) in [6.07, 6.45) is -0.433. The van der Waals surface area contributed by atoms with Crippen molar-refractivity contribution in [3.63, 3.8) is 0 Å². The molecule has 3 nitrogen and oxygen atoms in total. The van der Waals surface area contributed by atoms with Crippen molar-refractivity contribution in [1.29, 1.82) is 0 Å². The first-order valence-electron chi connectivity index (χ1n) is 5.79. The molecule has 0 aliphatic rings. The molecule has 0 saturated carbocycles. The molecule has 0 aliphatic carbocycles. The van der Waals surface area contributed by atoms with Gasteiger partial charge in [-0.2, -0.15) is 0 Å². The summed E-state index contributed by atoms with van der Waals surface area (Å²) in [6.45, 7) is 8.20. The number of amides is 1. The summed E-state index contributed by atoms with van der Waals surface area (Å²) in [5.41, 5.74) is 2.17. The number of anilines is 1. The van der Waals surface area contributed by atoms with E-state index in [1.54, 1.807) is 6.92 Å². The molecule has 0 spiro atoms. The molecule has 0 heterocycles. The van der Waals surface area contributed by atoms with Crippen molar-refractivity contribution in [3.05, 3.63) is 29.8 Å². The number of methoxy groups -OCH3 is 1. The minimum absolute atomic E-state index is 0.127. The standard InChI is InChI=1S/C14H21NO2/c1-10(17-5)13(16)15-12-8-6-11(7-9-12)14(2,3)4/h6-10H,1-5H3,(H,15,16). The van der Waals surface area contributed by atoms with Gasteiger partial charge in [-0.05, 0) is 30.0 Å². The molecule has 17 heavy (non-hydrogen) atoms. The van der Waals surface area contributed by atoms with Crippen LogP contribution in [0, 0.1) is 0 Å². The van der Waals surface area contributed by atoms with Crippen molar-refractivity contribution in [3.8, 4) is 0 Å². The van der Waals surface area contributed by atoms with E-state index in [4.69, 9.17) is 4.74 Å². The van der Waals surface area contributed by atoms with Crippen molar-refractivity contribution in [2.75, 3.05) is 12.4 Å². The highest BCUT2D eigenvalue weighted by atomic mass is 16.5. The molecule has 1 amide bonds. The van der Waals surface area contributed by atoms with E-state index in [-0.39, 0.29) is 11.3 Å². The quantitative estimate of drug-likeness (QED) is 0.874. The van der Waals surface area contributed by atoms with Gasteiger partial charge in [-0.3, -0.25) is 4.79 Å². The van der Waals surface area contributed by atoms with Crippen LogP contribution in [-0.4, -0.2) is 19.1 Å². The number of benzene rings is 1. The molecule has 0 radical (unpaired) electrons. The zero-order valence-corrected chi connectivity index (χ0v) is 11.2. The van der Waals surface area contributed by atoms with Crippen molar-refractivity contribution < 1.29 is 9.53 Å². The lowest BCUT2D eigenvalue weighted by molar-refractivity contribution is -0.124. The van der Waals surface area contributed by atoms with Crippen LogP contribution in [0.15, 0.2) is 24.3 Å². The monoisotopic (exact) mass is 235 g/mol. The Morgan fingerprint density at radius 1 is 1.24 bits per heavy atom. The molecule has 1 N–H and O–H groups in total. The van der Waals surface area contributed by atoms with Gasteiger partial charge in [-0.1, -0.05) is 32.9 Å². The molecular formula is C14H21NO2. The second-order valence-electron chi connectivity index (χ2n) is 5.19. The lowest BCUT2D eigenvalue weighted by atomic mass is 9.87. The summed E-state index contributed by atoms with van der Waals surface area (Å²) in [5.74, 6) is -0.129. The largest absolute Gasteiger partial charge is 0.372 e. The Bertz CT molecular complexity index is 376. The average Bonchev–Trinajstić information content (AvgIpc) is 2.27. The first-order chi connectivity index (χ1) is 7.84. The molecule has 1 aromatic rings. The number of hydrogen-bond donors (Lipinski definition) is 1. The first-order valence-corrected chi connectivity index (χ1v) is 5.79. The summed E-state index contributed by atoms with van der Waals surface area (Å²) < 4.78 is 4.95. The van der Waals surface area contributed by atoms with Crippen LogP contribution in [0.5, 0.6) is 0 Å². The van der Waals surface area contributed by atoms with Crippen molar-refractivity contribution >= 4 is 11.6 Å². The van der Waals surface area contributed by atoms with Crippen LogP contribution in [0.1, 0.15) is 33.3 Å². The second kappa shape index (κ2) is 5.32.